The van der Waals surface area contributed by atoms with Gasteiger partial charge < -0.3 is 15.2 Å². The maximum absolute atomic E-state index is 12.0. The van der Waals surface area contributed by atoms with Gasteiger partial charge in [0.1, 0.15) is 6.54 Å². The molecule has 2 aromatic heterocycles. The van der Waals surface area contributed by atoms with Crippen LogP contribution in [0.5, 0.6) is 0 Å². The van der Waals surface area contributed by atoms with Gasteiger partial charge in [0.05, 0.1) is 9.77 Å². The average molecular weight is 480 g/mol. The fourth-order valence-corrected chi connectivity index (χ4v) is 2.66. The van der Waals surface area contributed by atoms with E-state index in [1.54, 1.807) is 23.0 Å². The molecule has 0 aliphatic heterocycles. The number of aryl methyl sites for hydroxylation is 1. The van der Waals surface area contributed by atoms with Crippen LogP contribution >= 0.6 is 22.6 Å². The van der Waals surface area contributed by atoms with Crippen LogP contribution in [-0.2, 0) is 6.54 Å². The van der Waals surface area contributed by atoms with Gasteiger partial charge in [-0.3, -0.25) is 14.3 Å². The molecule has 2 N–H and O–H groups in total. The first-order valence-electron chi connectivity index (χ1n) is 8.15. The van der Waals surface area contributed by atoms with E-state index >= 15 is 0 Å². The van der Waals surface area contributed by atoms with Gasteiger partial charge in [0, 0.05) is 24.8 Å². The summed E-state index contributed by atoms with van der Waals surface area (Å²) in [4.78, 5) is 28.0. The minimum atomic E-state index is -0.492. The molecule has 0 saturated heterocycles. The van der Waals surface area contributed by atoms with Crippen molar-refractivity contribution in [1.82, 2.24) is 30.6 Å². The predicted molar refractivity (Wildman–Crippen MR) is 104 cm³/mol. The van der Waals surface area contributed by atoms with Crippen molar-refractivity contribution in [3.05, 3.63) is 63.1 Å². The van der Waals surface area contributed by atoms with E-state index in [2.05, 4.69) is 48.5 Å². The molecule has 3 aromatic rings. The molecule has 2 heterocycles. The molecule has 0 aliphatic carbocycles. The maximum Gasteiger partial charge on any atom is 0.316 e. The molecule has 0 radical (unpaired) electrons. The zero-order valence-electron chi connectivity index (χ0n) is 14.5. The standard InChI is InChI=1S/C17H17IN6O3/c1-11-2-4-12(5-3-11)15(25)19-6-7-20-16(26)17-22-14(23-27-17)10-24-9-13(18)8-21-24/h2-5,8-9H,6-7,10H2,1H3,(H,19,25)(H,20,26). The number of carbonyl (C=O) groups excluding carboxylic acids is 2. The molecule has 0 spiro atoms. The van der Waals surface area contributed by atoms with Crippen molar-refractivity contribution in [1.29, 1.82) is 0 Å². The van der Waals surface area contributed by atoms with E-state index in [4.69, 9.17) is 4.52 Å². The van der Waals surface area contributed by atoms with Gasteiger partial charge in [-0.25, -0.2) is 0 Å². The summed E-state index contributed by atoms with van der Waals surface area (Å²) in [6.07, 6.45) is 3.53. The van der Waals surface area contributed by atoms with E-state index in [0.29, 0.717) is 17.9 Å². The van der Waals surface area contributed by atoms with Gasteiger partial charge >= 0.3 is 11.8 Å². The highest BCUT2D eigenvalue weighted by atomic mass is 127. The van der Waals surface area contributed by atoms with Crippen molar-refractivity contribution in [2.75, 3.05) is 13.1 Å². The van der Waals surface area contributed by atoms with E-state index in [0.717, 1.165) is 9.13 Å². The Hall–Kier alpha value is -2.76. The van der Waals surface area contributed by atoms with Crippen LogP contribution in [0.4, 0.5) is 0 Å². The molecule has 3 rings (SSSR count). The number of amides is 2. The Morgan fingerprint density at radius 2 is 1.85 bits per heavy atom. The van der Waals surface area contributed by atoms with Crippen LogP contribution in [-0.4, -0.2) is 44.8 Å². The third-order valence-corrected chi connectivity index (χ3v) is 4.13. The van der Waals surface area contributed by atoms with Crippen LogP contribution in [0.1, 0.15) is 32.4 Å². The summed E-state index contributed by atoms with van der Waals surface area (Å²) in [6.45, 7) is 2.79. The first kappa shape index (κ1) is 19.0. The summed E-state index contributed by atoms with van der Waals surface area (Å²) < 4.78 is 7.60. The number of hydrogen-bond acceptors (Lipinski definition) is 6. The molecular formula is C17H17IN6O3. The Labute approximate surface area is 168 Å². The van der Waals surface area contributed by atoms with E-state index in [-0.39, 0.29) is 24.9 Å². The minimum absolute atomic E-state index is 0.128. The fourth-order valence-electron chi connectivity index (χ4n) is 2.21. The van der Waals surface area contributed by atoms with Crippen LogP contribution in [0.2, 0.25) is 0 Å². The largest absolute Gasteiger partial charge is 0.350 e. The average Bonchev–Trinajstić information content (AvgIpc) is 3.28. The second kappa shape index (κ2) is 8.75. The topological polar surface area (TPSA) is 115 Å². The number of rotatable bonds is 7. The van der Waals surface area contributed by atoms with Gasteiger partial charge in [-0.1, -0.05) is 22.9 Å². The molecule has 140 valence electrons. The Bertz CT molecular complexity index is 934. The minimum Gasteiger partial charge on any atom is -0.350 e. The molecule has 0 atom stereocenters. The van der Waals surface area contributed by atoms with Crippen LogP contribution in [0.25, 0.3) is 0 Å². The number of nitrogens with zero attached hydrogens (tertiary/aromatic N) is 4. The number of nitrogens with one attached hydrogen (secondary N) is 2. The second-order valence-electron chi connectivity index (χ2n) is 5.75. The lowest BCUT2D eigenvalue weighted by Crippen LogP contribution is -2.34. The first-order chi connectivity index (χ1) is 13.0. The molecule has 0 saturated carbocycles. The lowest BCUT2D eigenvalue weighted by molar-refractivity contribution is 0.0898. The third kappa shape index (κ3) is 5.36. The molecule has 0 unspecified atom stereocenters. The Morgan fingerprint density at radius 1 is 1.15 bits per heavy atom. The normalized spacial score (nSPS) is 10.6. The number of hydrogen-bond donors (Lipinski definition) is 2. The summed E-state index contributed by atoms with van der Waals surface area (Å²) in [5, 5.41) is 13.2. The van der Waals surface area contributed by atoms with Crippen molar-refractivity contribution in [3.63, 3.8) is 0 Å². The lowest BCUT2D eigenvalue weighted by Gasteiger charge is -2.06. The molecule has 10 heteroatoms. The van der Waals surface area contributed by atoms with Crippen LogP contribution in [0.15, 0.2) is 41.2 Å². The van der Waals surface area contributed by atoms with Gasteiger partial charge in [0.25, 0.3) is 5.91 Å². The number of aromatic nitrogens is 4. The van der Waals surface area contributed by atoms with Gasteiger partial charge in [0.2, 0.25) is 0 Å². The van der Waals surface area contributed by atoms with Crippen molar-refractivity contribution in [2.45, 2.75) is 13.5 Å². The van der Waals surface area contributed by atoms with E-state index in [1.807, 2.05) is 25.3 Å². The molecule has 2 amide bonds. The summed E-state index contributed by atoms with van der Waals surface area (Å²) >= 11 is 2.15. The summed E-state index contributed by atoms with van der Waals surface area (Å²) in [5.74, 6) is -0.462. The molecule has 9 nitrogen and oxygen atoms in total. The summed E-state index contributed by atoms with van der Waals surface area (Å²) in [7, 11) is 0. The molecule has 0 fully saturated rings. The smallest absolute Gasteiger partial charge is 0.316 e. The molecule has 1 aromatic carbocycles. The highest BCUT2D eigenvalue weighted by Crippen LogP contribution is 2.04. The SMILES string of the molecule is Cc1ccc(C(=O)NCCNC(=O)c2nc(Cn3cc(I)cn3)no2)cc1. The molecule has 0 aliphatic rings. The number of benzene rings is 1. The number of carbonyl (C=O) groups is 2. The van der Waals surface area contributed by atoms with Gasteiger partial charge in [-0.2, -0.15) is 10.1 Å². The van der Waals surface area contributed by atoms with Crippen LogP contribution in [0.3, 0.4) is 0 Å². The van der Waals surface area contributed by atoms with E-state index in [1.165, 1.54) is 0 Å². The van der Waals surface area contributed by atoms with Crippen LogP contribution in [0, 0.1) is 10.5 Å². The summed E-state index contributed by atoms with van der Waals surface area (Å²) in [5.41, 5.74) is 1.65. The lowest BCUT2D eigenvalue weighted by atomic mass is 10.1. The van der Waals surface area contributed by atoms with Gasteiger partial charge in [-0.15, -0.1) is 0 Å². The first-order valence-corrected chi connectivity index (χ1v) is 9.23. The highest BCUT2D eigenvalue weighted by molar-refractivity contribution is 14.1. The van der Waals surface area contributed by atoms with Crippen molar-refractivity contribution in [3.8, 4) is 0 Å². The zero-order valence-corrected chi connectivity index (χ0v) is 16.6. The fraction of sp³-hybridized carbons (Fsp3) is 0.235. The van der Waals surface area contributed by atoms with Crippen molar-refractivity contribution >= 4 is 34.4 Å². The highest BCUT2D eigenvalue weighted by Gasteiger charge is 2.15. The summed E-state index contributed by atoms with van der Waals surface area (Å²) in [6, 6.07) is 7.25. The Balaban J connectivity index is 1.43. The van der Waals surface area contributed by atoms with E-state index in [9.17, 15) is 9.59 Å². The predicted octanol–water partition coefficient (Wildman–Crippen LogP) is 1.39. The molecular weight excluding hydrogens is 463 g/mol. The monoisotopic (exact) mass is 480 g/mol. The van der Waals surface area contributed by atoms with Crippen molar-refractivity contribution in [2.24, 2.45) is 0 Å². The Morgan fingerprint density at radius 3 is 2.52 bits per heavy atom. The maximum atomic E-state index is 12.0. The Kier molecular flexibility index (Phi) is 6.16. The van der Waals surface area contributed by atoms with Gasteiger partial charge in [0.15, 0.2) is 5.82 Å². The van der Waals surface area contributed by atoms with Crippen molar-refractivity contribution < 1.29 is 14.1 Å². The second-order valence-corrected chi connectivity index (χ2v) is 7.00. The molecule has 0 bridgehead atoms. The van der Waals surface area contributed by atoms with E-state index < -0.39 is 5.91 Å². The van der Waals surface area contributed by atoms with Gasteiger partial charge in [-0.05, 0) is 41.6 Å². The molecule has 27 heavy (non-hydrogen) atoms. The quantitative estimate of drug-likeness (QED) is 0.390. The zero-order chi connectivity index (χ0) is 19.2. The third-order valence-electron chi connectivity index (χ3n) is 3.58. The van der Waals surface area contributed by atoms with Crippen LogP contribution < -0.4 is 10.6 Å². The number of halogens is 1.